The number of aromatic nitrogens is 1. The standard InChI is InChI=1S/C26H18N2O5/c29-24(15-6-2-1-3-7-15)22-23(18-13-27-19-9-5-4-8-17(18)19)28(26(31)25(22)30)16-10-11-20-21(12-16)33-14-32-20/h1-13,23,27,29H,14H2/b24-22+. The molecule has 2 aliphatic heterocycles. The molecule has 1 saturated heterocycles. The number of carbonyl (C=O) groups excluding carboxylic acids is 2. The van der Waals surface area contributed by atoms with E-state index in [-0.39, 0.29) is 18.1 Å². The summed E-state index contributed by atoms with van der Waals surface area (Å²) >= 11 is 0. The fraction of sp³-hybridized carbons (Fsp3) is 0.0769. The number of aliphatic hydroxyl groups excluding tert-OH is 1. The van der Waals surface area contributed by atoms with E-state index in [1.54, 1.807) is 48.7 Å². The van der Waals surface area contributed by atoms with E-state index < -0.39 is 17.7 Å². The monoisotopic (exact) mass is 438 g/mol. The first kappa shape index (κ1) is 19.2. The van der Waals surface area contributed by atoms with Gasteiger partial charge in [-0.25, -0.2) is 0 Å². The summed E-state index contributed by atoms with van der Waals surface area (Å²) in [5.41, 5.74) is 2.55. The number of amides is 1. The second-order valence-corrected chi connectivity index (χ2v) is 7.86. The maximum Gasteiger partial charge on any atom is 0.300 e. The van der Waals surface area contributed by atoms with Crippen LogP contribution in [0.5, 0.6) is 11.5 Å². The average Bonchev–Trinajstić information content (AvgIpc) is 3.55. The van der Waals surface area contributed by atoms with E-state index in [9.17, 15) is 14.7 Å². The zero-order chi connectivity index (χ0) is 22.5. The lowest BCUT2D eigenvalue weighted by molar-refractivity contribution is -0.132. The van der Waals surface area contributed by atoms with Gasteiger partial charge in [-0.3, -0.25) is 14.5 Å². The fourth-order valence-corrected chi connectivity index (χ4v) is 4.50. The van der Waals surface area contributed by atoms with Crippen molar-refractivity contribution in [1.29, 1.82) is 0 Å². The molecule has 1 unspecified atom stereocenters. The summed E-state index contributed by atoms with van der Waals surface area (Å²) in [4.78, 5) is 31.3. The quantitative estimate of drug-likeness (QED) is 0.279. The molecule has 1 amide bonds. The molecule has 6 rings (SSSR count). The normalized spacial score (nSPS) is 18.9. The zero-order valence-corrected chi connectivity index (χ0v) is 17.3. The molecule has 7 heteroatoms. The topological polar surface area (TPSA) is 91.9 Å². The number of nitrogens with one attached hydrogen (secondary N) is 1. The van der Waals surface area contributed by atoms with Gasteiger partial charge in [0.15, 0.2) is 11.5 Å². The van der Waals surface area contributed by atoms with Gasteiger partial charge in [-0.1, -0.05) is 48.5 Å². The molecule has 2 N–H and O–H groups in total. The molecule has 1 fully saturated rings. The van der Waals surface area contributed by atoms with Gasteiger partial charge < -0.3 is 19.6 Å². The molecule has 0 radical (unpaired) electrons. The van der Waals surface area contributed by atoms with Crippen molar-refractivity contribution >= 4 is 34.0 Å². The summed E-state index contributed by atoms with van der Waals surface area (Å²) in [5.74, 6) is -0.614. The number of Topliss-reactive ketones (excluding diaryl/α,β-unsaturated/α-hetero) is 1. The first-order valence-corrected chi connectivity index (χ1v) is 10.5. The van der Waals surface area contributed by atoms with Crippen molar-refractivity contribution in [2.45, 2.75) is 6.04 Å². The number of ketones is 1. The van der Waals surface area contributed by atoms with Gasteiger partial charge >= 0.3 is 0 Å². The Bertz CT molecular complexity index is 1450. The second kappa shape index (κ2) is 7.27. The maximum atomic E-state index is 13.3. The SMILES string of the molecule is O=C1C(=O)N(c2ccc3c(c2)OCO3)C(c2c[nH]c3ccccc23)/C1=C(\O)c1ccccc1. The molecule has 4 aromatic rings. The highest BCUT2D eigenvalue weighted by Crippen LogP contribution is 2.46. The van der Waals surface area contributed by atoms with Gasteiger partial charge in [-0.15, -0.1) is 0 Å². The van der Waals surface area contributed by atoms with Crippen LogP contribution in [0.2, 0.25) is 0 Å². The van der Waals surface area contributed by atoms with E-state index in [2.05, 4.69) is 4.98 Å². The molecule has 0 saturated carbocycles. The highest BCUT2D eigenvalue weighted by atomic mass is 16.7. The Morgan fingerprint density at radius 2 is 1.70 bits per heavy atom. The largest absolute Gasteiger partial charge is 0.507 e. The number of para-hydroxylation sites is 1. The molecule has 3 heterocycles. The number of hydrogen-bond acceptors (Lipinski definition) is 5. The number of rotatable bonds is 3. The molecule has 1 aromatic heterocycles. The molecule has 3 aromatic carbocycles. The first-order valence-electron chi connectivity index (χ1n) is 10.5. The third-order valence-corrected chi connectivity index (χ3v) is 6.04. The third kappa shape index (κ3) is 2.90. The van der Waals surface area contributed by atoms with E-state index in [1.165, 1.54) is 4.90 Å². The minimum absolute atomic E-state index is 0.0358. The van der Waals surface area contributed by atoms with Crippen LogP contribution in [0, 0.1) is 0 Å². The van der Waals surface area contributed by atoms with Crippen molar-refractivity contribution in [3.63, 3.8) is 0 Å². The molecule has 2 aliphatic rings. The molecular weight excluding hydrogens is 420 g/mol. The lowest BCUT2D eigenvalue weighted by Gasteiger charge is -2.25. The number of fused-ring (bicyclic) bond motifs is 2. The number of hydrogen-bond donors (Lipinski definition) is 2. The Morgan fingerprint density at radius 3 is 2.55 bits per heavy atom. The molecule has 0 aliphatic carbocycles. The van der Waals surface area contributed by atoms with Gasteiger partial charge in [0, 0.05) is 40.0 Å². The van der Waals surface area contributed by atoms with Gasteiger partial charge in [-0.2, -0.15) is 0 Å². The number of aliphatic hydroxyl groups is 1. The number of H-pyrrole nitrogens is 1. The molecule has 162 valence electrons. The van der Waals surface area contributed by atoms with E-state index in [4.69, 9.17) is 9.47 Å². The lowest BCUT2D eigenvalue weighted by Crippen LogP contribution is -2.29. The molecule has 33 heavy (non-hydrogen) atoms. The summed E-state index contributed by atoms with van der Waals surface area (Å²) in [5, 5.41) is 12.1. The van der Waals surface area contributed by atoms with Crippen molar-refractivity contribution in [2.75, 3.05) is 11.7 Å². The van der Waals surface area contributed by atoms with Crippen LogP contribution in [-0.4, -0.2) is 28.6 Å². The minimum atomic E-state index is -0.832. The molecule has 1 atom stereocenters. The highest BCUT2D eigenvalue weighted by Gasteiger charge is 2.48. The first-order chi connectivity index (χ1) is 16.1. The third-order valence-electron chi connectivity index (χ3n) is 6.04. The Kier molecular flexibility index (Phi) is 4.23. The van der Waals surface area contributed by atoms with Crippen LogP contribution in [0.4, 0.5) is 5.69 Å². The van der Waals surface area contributed by atoms with E-state index in [0.29, 0.717) is 28.3 Å². The van der Waals surface area contributed by atoms with E-state index >= 15 is 0 Å². The van der Waals surface area contributed by atoms with Crippen LogP contribution in [0.15, 0.2) is 84.6 Å². The number of aromatic amines is 1. The van der Waals surface area contributed by atoms with Gasteiger partial charge in [-0.05, 0) is 18.2 Å². The van der Waals surface area contributed by atoms with Crippen molar-refractivity contribution in [3.8, 4) is 11.5 Å². The van der Waals surface area contributed by atoms with Crippen LogP contribution >= 0.6 is 0 Å². The van der Waals surface area contributed by atoms with E-state index in [0.717, 1.165) is 10.9 Å². The van der Waals surface area contributed by atoms with Crippen LogP contribution in [0.25, 0.3) is 16.7 Å². The van der Waals surface area contributed by atoms with Gasteiger partial charge in [0.25, 0.3) is 11.7 Å². The Balaban J connectivity index is 1.60. The summed E-state index contributed by atoms with van der Waals surface area (Å²) in [6.45, 7) is 0.0947. The summed E-state index contributed by atoms with van der Waals surface area (Å²) in [7, 11) is 0. The van der Waals surface area contributed by atoms with Crippen LogP contribution in [0.3, 0.4) is 0 Å². The van der Waals surface area contributed by atoms with Crippen molar-refractivity contribution in [2.24, 2.45) is 0 Å². The van der Waals surface area contributed by atoms with Crippen LogP contribution in [0.1, 0.15) is 17.2 Å². The van der Waals surface area contributed by atoms with Crippen LogP contribution < -0.4 is 14.4 Å². The molecular formula is C26H18N2O5. The molecule has 0 bridgehead atoms. The number of ether oxygens (including phenoxy) is 2. The Labute approximate surface area is 188 Å². The van der Waals surface area contributed by atoms with Gasteiger partial charge in [0.05, 0.1) is 11.6 Å². The number of carbonyl (C=O) groups is 2. The number of benzene rings is 3. The van der Waals surface area contributed by atoms with Crippen molar-refractivity contribution in [3.05, 3.63) is 95.7 Å². The molecule has 0 spiro atoms. The van der Waals surface area contributed by atoms with Gasteiger partial charge in [0.1, 0.15) is 5.76 Å². The van der Waals surface area contributed by atoms with Gasteiger partial charge in [0.2, 0.25) is 6.79 Å². The number of nitrogens with zero attached hydrogens (tertiary/aromatic N) is 1. The number of anilines is 1. The summed E-state index contributed by atoms with van der Waals surface area (Å²) in [6.07, 6.45) is 1.78. The molecule has 7 nitrogen and oxygen atoms in total. The Morgan fingerprint density at radius 1 is 0.939 bits per heavy atom. The Hall–Kier alpha value is -4.52. The minimum Gasteiger partial charge on any atom is -0.507 e. The summed E-state index contributed by atoms with van der Waals surface area (Å²) < 4.78 is 10.9. The second-order valence-electron chi connectivity index (χ2n) is 7.86. The predicted octanol–water partition coefficient (Wildman–Crippen LogP) is 4.52. The lowest BCUT2D eigenvalue weighted by atomic mass is 9.94. The maximum absolute atomic E-state index is 13.3. The zero-order valence-electron chi connectivity index (χ0n) is 17.3. The highest BCUT2D eigenvalue weighted by molar-refractivity contribution is 6.52. The fourth-order valence-electron chi connectivity index (χ4n) is 4.50. The van der Waals surface area contributed by atoms with E-state index in [1.807, 2.05) is 30.3 Å². The predicted molar refractivity (Wildman–Crippen MR) is 122 cm³/mol. The summed E-state index contributed by atoms with van der Waals surface area (Å²) in [6, 6.07) is 20.7. The average molecular weight is 438 g/mol. The van der Waals surface area contributed by atoms with Crippen molar-refractivity contribution in [1.82, 2.24) is 4.98 Å². The smallest absolute Gasteiger partial charge is 0.300 e. The van der Waals surface area contributed by atoms with Crippen LogP contribution in [-0.2, 0) is 9.59 Å². The van der Waals surface area contributed by atoms with Crippen molar-refractivity contribution < 1.29 is 24.2 Å².